The number of hydrogen-bond donors (Lipinski definition) is 2. The molecule has 0 fully saturated rings. The van der Waals surface area contributed by atoms with Crippen molar-refractivity contribution in [1.29, 1.82) is 0 Å². The van der Waals surface area contributed by atoms with Crippen molar-refractivity contribution in [2.45, 2.75) is 33.7 Å². The van der Waals surface area contributed by atoms with Gasteiger partial charge in [-0.2, -0.15) is 0 Å². The van der Waals surface area contributed by atoms with Crippen LogP contribution in [-0.4, -0.2) is 29.2 Å². The number of pyridine rings is 1. The normalized spacial score (nSPS) is 11.5. The van der Waals surface area contributed by atoms with Crippen LogP contribution in [-0.2, 0) is 13.0 Å². The Kier molecular flexibility index (Phi) is 5.94. The van der Waals surface area contributed by atoms with Crippen molar-refractivity contribution >= 4 is 5.96 Å². The van der Waals surface area contributed by atoms with E-state index in [2.05, 4.69) is 25.8 Å². The van der Waals surface area contributed by atoms with Crippen LogP contribution in [0.3, 0.4) is 0 Å². The molecule has 118 valence electrons. The predicted octanol–water partition coefficient (Wildman–Crippen LogP) is 1.98. The van der Waals surface area contributed by atoms with Crippen LogP contribution < -0.4 is 10.6 Å². The summed E-state index contributed by atoms with van der Waals surface area (Å²) in [5.74, 6) is 1.68. The van der Waals surface area contributed by atoms with Gasteiger partial charge in [-0.3, -0.25) is 4.98 Å². The van der Waals surface area contributed by atoms with Gasteiger partial charge in [-0.05, 0) is 39.3 Å². The molecule has 0 bridgehead atoms. The number of rotatable bonds is 6. The summed E-state index contributed by atoms with van der Waals surface area (Å²) in [7, 11) is 0. The van der Waals surface area contributed by atoms with Gasteiger partial charge >= 0.3 is 0 Å². The Morgan fingerprint density at radius 3 is 2.77 bits per heavy atom. The van der Waals surface area contributed by atoms with Crippen molar-refractivity contribution < 1.29 is 4.52 Å². The highest BCUT2D eigenvalue weighted by Crippen LogP contribution is 2.11. The Morgan fingerprint density at radius 1 is 1.27 bits per heavy atom. The molecule has 2 aromatic heterocycles. The first-order valence-corrected chi connectivity index (χ1v) is 7.54. The van der Waals surface area contributed by atoms with Crippen LogP contribution in [0.4, 0.5) is 0 Å². The van der Waals surface area contributed by atoms with E-state index < -0.39 is 0 Å². The molecule has 2 rings (SSSR count). The number of nitrogens with zero attached hydrogens (tertiary/aromatic N) is 3. The molecule has 0 aliphatic rings. The van der Waals surface area contributed by atoms with Gasteiger partial charge in [-0.25, -0.2) is 4.99 Å². The summed E-state index contributed by atoms with van der Waals surface area (Å²) in [5.41, 5.74) is 3.06. The summed E-state index contributed by atoms with van der Waals surface area (Å²) < 4.78 is 5.17. The van der Waals surface area contributed by atoms with Gasteiger partial charge in [0, 0.05) is 24.8 Å². The van der Waals surface area contributed by atoms with Crippen LogP contribution in [0.25, 0.3) is 0 Å². The molecule has 0 amide bonds. The second-order valence-corrected chi connectivity index (χ2v) is 5.00. The fourth-order valence-electron chi connectivity index (χ4n) is 2.16. The van der Waals surface area contributed by atoms with E-state index >= 15 is 0 Å². The van der Waals surface area contributed by atoms with E-state index in [9.17, 15) is 0 Å². The summed E-state index contributed by atoms with van der Waals surface area (Å²) >= 11 is 0. The molecule has 0 radical (unpaired) electrons. The van der Waals surface area contributed by atoms with E-state index in [0.717, 1.165) is 48.2 Å². The smallest absolute Gasteiger partial charge is 0.191 e. The Balaban J connectivity index is 1.88. The van der Waals surface area contributed by atoms with Crippen LogP contribution in [0.5, 0.6) is 0 Å². The van der Waals surface area contributed by atoms with Gasteiger partial charge in [0.05, 0.1) is 17.9 Å². The number of aryl methyl sites for hydroxylation is 2. The lowest BCUT2D eigenvalue weighted by Gasteiger charge is -2.11. The highest BCUT2D eigenvalue weighted by Gasteiger charge is 2.08. The monoisotopic (exact) mass is 301 g/mol. The summed E-state index contributed by atoms with van der Waals surface area (Å²) in [6.07, 6.45) is 2.64. The summed E-state index contributed by atoms with van der Waals surface area (Å²) in [6.45, 7) is 8.10. The Morgan fingerprint density at radius 2 is 2.14 bits per heavy atom. The fourth-order valence-corrected chi connectivity index (χ4v) is 2.16. The SMILES string of the molecule is CCNC(=NCc1ccccn1)NCCc1c(C)noc1C. The largest absolute Gasteiger partial charge is 0.361 e. The molecule has 2 heterocycles. The molecule has 0 saturated carbocycles. The zero-order valence-electron chi connectivity index (χ0n) is 13.4. The van der Waals surface area contributed by atoms with Crippen LogP contribution in [0.2, 0.25) is 0 Å². The van der Waals surface area contributed by atoms with Crippen LogP contribution >= 0.6 is 0 Å². The predicted molar refractivity (Wildman–Crippen MR) is 86.7 cm³/mol. The van der Waals surface area contributed by atoms with Crippen molar-refractivity contribution in [2.24, 2.45) is 4.99 Å². The van der Waals surface area contributed by atoms with Crippen LogP contribution in [0, 0.1) is 13.8 Å². The number of hydrogen-bond acceptors (Lipinski definition) is 4. The first kappa shape index (κ1) is 16.0. The van der Waals surface area contributed by atoms with Gasteiger partial charge < -0.3 is 15.2 Å². The van der Waals surface area contributed by atoms with Crippen molar-refractivity contribution in [3.8, 4) is 0 Å². The fraction of sp³-hybridized carbons (Fsp3) is 0.438. The molecule has 6 heteroatoms. The zero-order valence-corrected chi connectivity index (χ0v) is 13.4. The third kappa shape index (κ3) is 4.58. The van der Waals surface area contributed by atoms with Gasteiger partial charge in [-0.1, -0.05) is 11.2 Å². The van der Waals surface area contributed by atoms with E-state index in [-0.39, 0.29) is 0 Å². The summed E-state index contributed by atoms with van der Waals surface area (Å²) in [5, 5.41) is 10.5. The highest BCUT2D eigenvalue weighted by atomic mass is 16.5. The number of guanidine groups is 1. The molecule has 0 aromatic carbocycles. The third-order valence-corrected chi connectivity index (χ3v) is 3.32. The van der Waals surface area contributed by atoms with Crippen molar-refractivity contribution in [2.75, 3.05) is 13.1 Å². The average Bonchev–Trinajstić information content (AvgIpc) is 2.85. The first-order chi connectivity index (χ1) is 10.7. The molecule has 0 aliphatic carbocycles. The minimum absolute atomic E-state index is 0.557. The second-order valence-electron chi connectivity index (χ2n) is 5.00. The maximum atomic E-state index is 5.17. The molecule has 2 aromatic rings. The minimum Gasteiger partial charge on any atom is -0.361 e. The van der Waals surface area contributed by atoms with Crippen molar-refractivity contribution in [3.63, 3.8) is 0 Å². The van der Waals surface area contributed by atoms with Crippen molar-refractivity contribution in [3.05, 3.63) is 47.1 Å². The molecule has 2 N–H and O–H groups in total. The molecular weight excluding hydrogens is 278 g/mol. The van der Waals surface area contributed by atoms with Crippen molar-refractivity contribution in [1.82, 2.24) is 20.8 Å². The molecule has 0 saturated heterocycles. The van der Waals surface area contributed by atoms with Gasteiger partial charge in [-0.15, -0.1) is 0 Å². The molecule has 0 spiro atoms. The zero-order chi connectivity index (χ0) is 15.8. The van der Waals surface area contributed by atoms with Gasteiger partial charge in [0.25, 0.3) is 0 Å². The van der Waals surface area contributed by atoms with E-state index in [1.54, 1.807) is 6.20 Å². The van der Waals surface area contributed by atoms with Gasteiger partial charge in [0.15, 0.2) is 5.96 Å². The lowest BCUT2D eigenvalue weighted by molar-refractivity contribution is 0.392. The minimum atomic E-state index is 0.557. The molecule has 6 nitrogen and oxygen atoms in total. The quantitative estimate of drug-likeness (QED) is 0.630. The summed E-state index contributed by atoms with van der Waals surface area (Å²) in [6, 6.07) is 5.84. The topological polar surface area (TPSA) is 75.3 Å². The number of aromatic nitrogens is 2. The first-order valence-electron chi connectivity index (χ1n) is 7.54. The standard InChI is InChI=1S/C16H23N5O/c1-4-17-16(20-11-14-7-5-6-9-18-14)19-10-8-15-12(2)21-22-13(15)3/h5-7,9H,4,8,10-11H2,1-3H3,(H2,17,19,20). The Labute approximate surface area is 131 Å². The van der Waals surface area contributed by atoms with E-state index in [1.165, 1.54) is 0 Å². The molecule has 22 heavy (non-hydrogen) atoms. The van der Waals surface area contributed by atoms with Gasteiger partial charge in [0.2, 0.25) is 0 Å². The molecule has 0 aliphatic heterocycles. The van der Waals surface area contributed by atoms with Crippen LogP contribution in [0.1, 0.15) is 29.6 Å². The lowest BCUT2D eigenvalue weighted by atomic mass is 10.1. The van der Waals surface area contributed by atoms with E-state index in [4.69, 9.17) is 4.52 Å². The number of aliphatic imine (C=N–C) groups is 1. The number of nitrogens with one attached hydrogen (secondary N) is 2. The maximum Gasteiger partial charge on any atom is 0.191 e. The third-order valence-electron chi connectivity index (χ3n) is 3.32. The lowest BCUT2D eigenvalue weighted by Crippen LogP contribution is -2.38. The maximum absolute atomic E-state index is 5.17. The summed E-state index contributed by atoms with van der Waals surface area (Å²) in [4.78, 5) is 8.81. The molecule has 0 atom stereocenters. The second kappa shape index (κ2) is 8.17. The highest BCUT2D eigenvalue weighted by molar-refractivity contribution is 5.79. The Bertz CT molecular complexity index is 587. The average molecular weight is 301 g/mol. The Hall–Kier alpha value is -2.37. The van der Waals surface area contributed by atoms with Crippen LogP contribution in [0.15, 0.2) is 33.9 Å². The van der Waals surface area contributed by atoms with Gasteiger partial charge in [0.1, 0.15) is 5.76 Å². The molecular formula is C16H23N5O. The van der Waals surface area contributed by atoms with E-state index in [1.807, 2.05) is 39.0 Å². The van der Waals surface area contributed by atoms with E-state index in [0.29, 0.717) is 6.54 Å². The molecule has 0 unspecified atom stereocenters.